The standard InChI is InChI=1S/C23H18N2O5S/c1-2-29-17-8-6-16(7-9-17)24-23-25-21(26)20(31-23)13-18-10-11-19(30-18)14-4-3-5-15(12-14)22(27)28/h3-13H,2H2,1H3,(H,27,28)(H,24,25,26). The van der Waals surface area contributed by atoms with E-state index in [1.165, 1.54) is 23.9 Å². The van der Waals surface area contributed by atoms with Crippen LogP contribution >= 0.6 is 11.8 Å². The summed E-state index contributed by atoms with van der Waals surface area (Å²) in [5.41, 5.74) is 1.52. The van der Waals surface area contributed by atoms with Gasteiger partial charge in [0.15, 0.2) is 5.17 Å². The molecule has 0 unspecified atom stereocenters. The minimum atomic E-state index is -1.01. The van der Waals surface area contributed by atoms with Crippen LogP contribution in [0.3, 0.4) is 0 Å². The van der Waals surface area contributed by atoms with Crippen molar-refractivity contribution < 1.29 is 23.8 Å². The number of rotatable bonds is 6. The van der Waals surface area contributed by atoms with Gasteiger partial charge < -0.3 is 19.6 Å². The topological polar surface area (TPSA) is 101 Å². The number of carboxylic acids is 1. The summed E-state index contributed by atoms with van der Waals surface area (Å²) in [6.45, 7) is 2.51. The van der Waals surface area contributed by atoms with Crippen molar-refractivity contribution in [1.82, 2.24) is 5.32 Å². The molecule has 2 N–H and O–H groups in total. The number of nitrogens with zero attached hydrogens (tertiary/aromatic N) is 1. The molecule has 1 aliphatic heterocycles. The summed E-state index contributed by atoms with van der Waals surface area (Å²) in [5, 5.41) is 12.4. The maximum Gasteiger partial charge on any atom is 0.335 e. The highest BCUT2D eigenvalue weighted by atomic mass is 32.2. The molecule has 0 radical (unpaired) electrons. The molecule has 8 heteroatoms. The number of aromatic carboxylic acids is 1. The number of carbonyl (C=O) groups excluding carboxylic acids is 1. The molecule has 4 rings (SSSR count). The van der Waals surface area contributed by atoms with Crippen molar-refractivity contribution in [3.05, 3.63) is 76.9 Å². The van der Waals surface area contributed by atoms with Gasteiger partial charge in [0.25, 0.3) is 5.91 Å². The SMILES string of the molecule is CCOc1ccc(N=C2NC(=O)C(=Cc3ccc(-c4cccc(C(=O)O)c4)o3)S2)cc1. The van der Waals surface area contributed by atoms with E-state index in [9.17, 15) is 9.59 Å². The number of thioether (sulfide) groups is 1. The summed E-state index contributed by atoms with van der Waals surface area (Å²) in [5.74, 6) is 0.490. The fourth-order valence-electron chi connectivity index (χ4n) is 2.90. The monoisotopic (exact) mass is 434 g/mol. The maximum absolute atomic E-state index is 12.3. The third-order valence-corrected chi connectivity index (χ3v) is 5.23. The van der Waals surface area contributed by atoms with Crippen molar-refractivity contribution in [3.63, 3.8) is 0 Å². The van der Waals surface area contributed by atoms with Gasteiger partial charge in [-0.05, 0) is 67.2 Å². The van der Waals surface area contributed by atoms with Crippen LogP contribution in [0.25, 0.3) is 17.4 Å². The molecule has 7 nitrogen and oxygen atoms in total. The summed E-state index contributed by atoms with van der Waals surface area (Å²) >= 11 is 1.22. The number of hydrogen-bond donors (Lipinski definition) is 2. The summed E-state index contributed by atoms with van der Waals surface area (Å²) in [6.07, 6.45) is 1.63. The van der Waals surface area contributed by atoms with Gasteiger partial charge in [-0.15, -0.1) is 0 Å². The second-order valence-electron chi connectivity index (χ2n) is 6.50. The van der Waals surface area contributed by atoms with Crippen LogP contribution in [0.5, 0.6) is 5.75 Å². The van der Waals surface area contributed by atoms with Crippen LogP contribution in [0.2, 0.25) is 0 Å². The van der Waals surface area contributed by atoms with Gasteiger partial charge in [0.1, 0.15) is 17.3 Å². The average Bonchev–Trinajstić information content (AvgIpc) is 3.37. The number of aliphatic imine (C=N–C) groups is 1. The van der Waals surface area contributed by atoms with Gasteiger partial charge in [0, 0.05) is 11.6 Å². The zero-order chi connectivity index (χ0) is 21.8. The number of furan rings is 1. The molecule has 1 saturated heterocycles. The lowest BCUT2D eigenvalue weighted by atomic mass is 10.1. The molecule has 1 aromatic heterocycles. The minimum Gasteiger partial charge on any atom is -0.494 e. The van der Waals surface area contributed by atoms with Gasteiger partial charge >= 0.3 is 5.97 Å². The lowest BCUT2D eigenvalue weighted by molar-refractivity contribution is -0.115. The molecule has 3 aromatic rings. The third-order valence-electron chi connectivity index (χ3n) is 4.32. The molecular weight excluding hydrogens is 416 g/mol. The van der Waals surface area contributed by atoms with Crippen LogP contribution in [-0.4, -0.2) is 28.8 Å². The largest absolute Gasteiger partial charge is 0.494 e. The number of ether oxygens (including phenoxy) is 1. The first-order valence-electron chi connectivity index (χ1n) is 9.48. The summed E-state index contributed by atoms with van der Waals surface area (Å²) in [7, 11) is 0. The molecule has 156 valence electrons. The average molecular weight is 434 g/mol. The van der Waals surface area contributed by atoms with Gasteiger partial charge in [0.2, 0.25) is 0 Å². The van der Waals surface area contributed by atoms with Crippen molar-refractivity contribution in [2.24, 2.45) is 4.99 Å². The van der Waals surface area contributed by atoms with Gasteiger partial charge in [0.05, 0.1) is 22.8 Å². The number of carboxylic acid groups (broad SMARTS) is 1. The highest BCUT2D eigenvalue weighted by Crippen LogP contribution is 2.30. The van der Waals surface area contributed by atoms with E-state index < -0.39 is 5.97 Å². The van der Waals surface area contributed by atoms with Crippen LogP contribution in [0.4, 0.5) is 5.69 Å². The Bertz CT molecular complexity index is 1190. The van der Waals surface area contributed by atoms with E-state index in [0.717, 1.165) is 5.75 Å². The Labute approximate surface area is 182 Å². The number of nitrogens with one attached hydrogen (secondary N) is 1. The Kier molecular flexibility index (Phi) is 5.90. The number of hydrogen-bond acceptors (Lipinski definition) is 6. The quantitative estimate of drug-likeness (QED) is 0.533. The molecule has 1 amide bonds. The first-order valence-corrected chi connectivity index (χ1v) is 10.3. The van der Waals surface area contributed by atoms with Crippen molar-refractivity contribution in [2.75, 3.05) is 6.61 Å². The van der Waals surface area contributed by atoms with E-state index in [4.69, 9.17) is 14.3 Å². The molecule has 2 aromatic carbocycles. The molecule has 0 spiro atoms. The molecule has 1 aliphatic rings. The van der Waals surface area contributed by atoms with Crippen LogP contribution in [0.15, 0.2) is 75.0 Å². The zero-order valence-corrected chi connectivity index (χ0v) is 17.3. The van der Waals surface area contributed by atoms with Gasteiger partial charge in [-0.25, -0.2) is 9.79 Å². The summed E-state index contributed by atoms with van der Waals surface area (Å²) in [6, 6.07) is 17.2. The Morgan fingerprint density at radius 2 is 2.00 bits per heavy atom. The lowest BCUT2D eigenvalue weighted by Crippen LogP contribution is -2.19. The predicted octanol–water partition coefficient (Wildman–Crippen LogP) is 4.94. The lowest BCUT2D eigenvalue weighted by Gasteiger charge is -2.02. The van der Waals surface area contributed by atoms with E-state index in [1.54, 1.807) is 30.3 Å². The highest BCUT2D eigenvalue weighted by Gasteiger charge is 2.24. The predicted molar refractivity (Wildman–Crippen MR) is 120 cm³/mol. The van der Waals surface area contributed by atoms with Crippen molar-refractivity contribution >= 4 is 40.6 Å². The number of amidine groups is 1. The first-order chi connectivity index (χ1) is 15.0. The van der Waals surface area contributed by atoms with Crippen LogP contribution in [-0.2, 0) is 4.79 Å². The smallest absolute Gasteiger partial charge is 0.335 e. The first kappa shape index (κ1) is 20.5. The maximum atomic E-state index is 12.3. The number of benzene rings is 2. The van der Waals surface area contributed by atoms with Crippen molar-refractivity contribution in [1.29, 1.82) is 0 Å². The number of carbonyl (C=O) groups is 2. The minimum absolute atomic E-state index is 0.176. The fraction of sp³-hybridized carbons (Fsp3) is 0.0870. The Morgan fingerprint density at radius 1 is 1.19 bits per heavy atom. The Hall–Kier alpha value is -3.78. The second-order valence-corrected chi connectivity index (χ2v) is 7.53. The van der Waals surface area contributed by atoms with Crippen molar-refractivity contribution in [2.45, 2.75) is 6.92 Å². The molecule has 31 heavy (non-hydrogen) atoms. The van der Waals surface area contributed by atoms with Crippen LogP contribution < -0.4 is 10.1 Å². The van der Waals surface area contributed by atoms with E-state index in [-0.39, 0.29) is 11.5 Å². The molecule has 0 bridgehead atoms. The molecule has 0 saturated carbocycles. The van der Waals surface area contributed by atoms with E-state index in [0.29, 0.717) is 39.5 Å². The molecule has 0 aliphatic carbocycles. The van der Waals surface area contributed by atoms with Crippen LogP contribution in [0, 0.1) is 0 Å². The zero-order valence-electron chi connectivity index (χ0n) is 16.5. The molecule has 0 atom stereocenters. The molecule has 2 heterocycles. The van der Waals surface area contributed by atoms with Crippen LogP contribution in [0.1, 0.15) is 23.0 Å². The van der Waals surface area contributed by atoms with E-state index >= 15 is 0 Å². The Balaban J connectivity index is 1.50. The third kappa shape index (κ3) is 4.87. The normalized spacial score (nSPS) is 16.0. The fourth-order valence-corrected chi connectivity index (χ4v) is 3.72. The van der Waals surface area contributed by atoms with Crippen molar-refractivity contribution in [3.8, 4) is 17.1 Å². The van der Waals surface area contributed by atoms with E-state index in [1.807, 2.05) is 31.2 Å². The molecule has 1 fully saturated rings. The molecular formula is C23H18N2O5S. The summed E-state index contributed by atoms with van der Waals surface area (Å²) in [4.78, 5) is 28.4. The number of amides is 1. The van der Waals surface area contributed by atoms with Gasteiger partial charge in [-0.2, -0.15) is 0 Å². The highest BCUT2D eigenvalue weighted by molar-refractivity contribution is 8.18. The Morgan fingerprint density at radius 3 is 2.74 bits per heavy atom. The summed E-state index contributed by atoms with van der Waals surface area (Å²) < 4.78 is 11.2. The second kappa shape index (κ2) is 8.93. The van der Waals surface area contributed by atoms with Gasteiger partial charge in [-0.1, -0.05) is 12.1 Å². The van der Waals surface area contributed by atoms with Gasteiger partial charge in [-0.3, -0.25) is 4.79 Å². The van der Waals surface area contributed by atoms with E-state index in [2.05, 4.69) is 10.3 Å².